The number of fused-ring (bicyclic) bond motifs is 1. The predicted octanol–water partition coefficient (Wildman–Crippen LogP) is 2.87. The van der Waals surface area contributed by atoms with Gasteiger partial charge in [-0.2, -0.15) is 0 Å². The number of nitrogens with zero attached hydrogens (tertiary/aromatic N) is 2. The van der Waals surface area contributed by atoms with Gasteiger partial charge in [-0.05, 0) is 29.8 Å². The fourth-order valence-corrected chi connectivity index (χ4v) is 3.62. The van der Waals surface area contributed by atoms with Crippen LogP contribution in [0.4, 0.5) is 0 Å². The van der Waals surface area contributed by atoms with Crippen LogP contribution in [0.3, 0.4) is 0 Å². The van der Waals surface area contributed by atoms with E-state index in [1.54, 1.807) is 13.1 Å². The average molecular weight is 382 g/mol. The van der Waals surface area contributed by atoms with E-state index in [1.165, 1.54) is 11.3 Å². The van der Waals surface area contributed by atoms with Crippen LogP contribution in [0.5, 0.6) is 11.5 Å². The minimum atomic E-state index is -0.631. The lowest BCUT2D eigenvalue weighted by atomic mass is 10.2. The van der Waals surface area contributed by atoms with Crippen LogP contribution < -0.4 is 14.8 Å². The highest BCUT2D eigenvalue weighted by molar-refractivity contribution is 7.16. The van der Waals surface area contributed by atoms with Crippen molar-refractivity contribution in [1.82, 2.24) is 10.2 Å². The summed E-state index contributed by atoms with van der Waals surface area (Å²) in [5, 5.41) is 13.4. The summed E-state index contributed by atoms with van der Waals surface area (Å²) in [6.45, 7) is 1.27. The van der Waals surface area contributed by atoms with Crippen molar-refractivity contribution in [1.29, 1.82) is 0 Å². The van der Waals surface area contributed by atoms with Gasteiger partial charge in [0.1, 0.15) is 6.10 Å². The molecular formula is C17H20ClN3O3S. The van der Waals surface area contributed by atoms with Gasteiger partial charge in [0.25, 0.3) is 0 Å². The Labute approximate surface area is 155 Å². The first-order valence-corrected chi connectivity index (χ1v) is 9.00. The van der Waals surface area contributed by atoms with E-state index in [1.807, 2.05) is 36.2 Å². The van der Waals surface area contributed by atoms with Gasteiger partial charge in [0.2, 0.25) is 6.79 Å². The molecule has 6 nitrogen and oxygen atoms in total. The molecule has 1 atom stereocenters. The summed E-state index contributed by atoms with van der Waals surface area (Å²) in [4.78, 5) is 7.07. The summed E-state index contributed by atoms with van der Waals surface area (Å²) >= 11 is 7.29. The number of halogens is 1. The second-order valence-electron chi connectivity index (χ2n) is 5.63. The largest absolute Gasteiger partial charge is 0.454 e. The minimum Gasteiger partial charge on any atom is -0.454 e. The third-order valence-corrected chi connectivity index (χ3v) is 5.14. The van der Waals surface area contributed by atoms with E-state index in [0.717, 1.165) is 21.9 Å². The quantitative estimate of drug-likeness (QED) is 0.615. The van der Waals surface area contributed by atoms with Crippen molar-refractivity contribution in [3.8, 4) is 11.5 Å². The molecule has 2 N–H and O–H groups in total. The standard InChI is InChI=1S/C17H20ClN3O3S/c1-19-17(20-8-12(22)15-5-6-16(18)25-15)21(2)9-11-3-4-13-14(7-11)24-10-23-13/h3-7,12,22H,8-10H2,1-2H3,(H,19,20). The molecule has 3 rings (SSSR count). The van der Waals surface area contributed by atoms with E-state index < -0.39 is 6.10 Å². The van der Waals surface area contributed by atoms with Crippen LogP contribution in [-0.2, 0) is 6.54 Å². The maximum atomic E-state index is 10.2. The summed E-state index contributed by atoms with van der Waals surface area (Å²) in [5.74, 6) is 2.23. The number of rotatable bonds is 5. The highest BCUT2D eigenvalue weighted by Crippen LogP contribution is 2.32. The Morgan fingerprint density at radius 3 is 2.88 bits per heavy atom. The highest BCUT2D eigenvalue weighted by atomic mass is 35.5. The van der Waals surface area contributed by atoms with Crippen molar-refractivity contribution in [2.45, 2.75) is 12.6 Å². The Balaban J connectivity index is 1.57. The van der Waals surface area contributed by atoms with E-state index in [9.17, 15) is 5.11 Å². The molecule has 0 aliphatic carbocycles. The van der Waals surface area contributed by atoms with E-state index in [-0.39, 0.29) is 6.79 Å². The van der Waals surface area contributed by atoms with E-state index in [4.69, 9.17) is 21.1 Å². The molecule has 1 aliphatic rings. The Kier molecular flexibility index (Phi) is 5.67. The molecule has 2 aromatic rings. The maximum absolute atomic E-state index is 10.2. The number of aliphatic hydroxyl groups is 1. The third kappa shape index (κ3) is 4.36. The van der Waals surface area contributed by atoms with Gasteiger partial charge in [0, 0.05) is 32.1 Å². The highest BCUT2D eigenvalue weighted by Gasteiger charge is 2.16. The molecule has 0 fully saturated rings. The molecule has 0 amide bonds. The Morgan fingerprint density at radius 1 is 1.36 bits per heavy atom. The lowest BCUT2D eigenvalue weighted by molar-refractivity contribution is 0.174. The average Bonchev–Trinajstić information content (AvgIpc) is 3.23. The molecule has 0 saturated heterocycles. The molecule has 1 aliphatic heterocycles. The van der Waals surface area contributed by atoms with E-state index in [0.29, 0.717) is 23.4 Å². The smallest absolute Gasteiger partial charge is 0.231 e. The minimum absolute atomic E-state index is 0.266. The molecule has 134 valence electrons. The van der Waals surface area contributed by atoms with Crippen molar-refractivity contribution in [2.75, 3.05) is 27.4 Å². The number of benzene rings is 1. The van der Waals surface area contributed by atoms with Crippen molar-refractivity contribution in [3.63, 3.8) is 0 Å². The van der Waals surface area contributed by atoms with Crippen molar-refractivity contribution in [3.05, 3.63) is 45.1 Å². The molecule has 0 spiro atoms. The molecule has 1 unspecified atom stereocenters. The van der Waals surface area contributed by atoms with Gasteiger partial charge in [0.15, 0.2) is 17.5 Å². The Morgan fingerprint density at radius 2 is 2.16 bits per heavy atom. The van der Waals surface area contributed by atoms with Gasteiger partial charge in [-0.3, -0.25) is 4.99 Å². The molecule has 0 radical (unpaired) electrons. The number of nitrogens with one attached hydrogen (secondary N) is 1. The first-order chi connectivity index (χ1) is 12.1. The van der Waals surface area contributed by atoms with Crippen LogP contribution in [-0.4, -0.2) is 43.4 Å². The molecule has 25 heavy (non-hydrogen) atoms. The predicted molar refractivity (Wildman–Crippen MR) is 99.7 cm³/mol. The van der Waals surface area contributed by atoms with Crippen LogP contribution in [0.25, 0.3) is 0 Å². The lowest BCUT2D eigenvalue weighted by Crippen LogP contribution is -2.40. The number of aliphatic imine (C=N–C) groups is 1. The first-order valence-electron chi connectivity index (χ1n) is 7.80. The molecule has 0 bridgehead atoms. The second kappa shape index (κ2) is 7.95. The molecule has 1 aromatic heterocycles. The molecule has 2 heterocycles. The number of hydrogen-bond donors (Lipinski definition) is 2. The van der Waals surface area contributed by atoms with Crippen molar-refractivity contribution in [2.24, 2.45) is 4.99 Å². The summed E-state index contributed by atoms with van der Waals surface area (Å²) in [6.07, 6.45) is -0.631. The van der Waals surface area contributed by atoms with Crippen molar-refractivity contribution >= 4 is 28.9 Å². The molecule has 8 heteroatoms. The number of ether oxygens (including phenoxy) is 2. The summed E-state index contributed by atoms with van der Waals surface area (Å²) < 4.78 is 11.4. The van der Waals surface area contributed by atoms with Gasteiger partial charge in [0.05, 0.1) is 4.34 Å². The number of hydrogen-bond acceptors (Lipinski definition) is 5. The Bertz CT molecular complexity index is 765. The van der Waals surface area contributed by atoms with Crippen LogP contribution >= 0.6 is 22.9 Å². The van der Waals surface area contributed by atoms with E-state index in [2.05, 4.69) is 10.3 Å². The number of guanidine groups is 1. The third-order valence-electron chi connectivity index (χ3n) is 3.81. The maximum Gasteiger partial charge on any atom is 0.231 e. The van der Waals surface area contributed by atoms with Gasteiger partial charge in [-0.1, -0.05) is 17.7 Å². The topological polar surface area (TPSA) is 66.3 Å². The van der Waals surface area contributed by atoms with Crippen LogP contribution in [0.2, 0.25) is 4.34 Å². The summed E-state index contributed by atoms with van der Waals surface area (Å²) in [5.41, 5.74) is 1.08. The van der Waals surface area contributed by atoms with E-state index >= 15 is 0 Å². The van der Waals surface area contributed by atoms with Crippen LogP contribution in [0, 0.1) is 0 Å². The number of thiophene rings is 1. The zero-order valence-corrected chi connectivity index (χ0v) is 15.6. The monoisotopic (exact) mass is 381 g/mol. The second-order valence-corrected chi connectivity index (χ2v) is 7.38. The van der Waals surface area contributed by atoms with Gasteiger partial charge >= 0.3 is 0 Å². The molecule has 0 saturated carbocycles. The Hall–Kier alpha value is -1.96. The fraction of sp³-hybridized carbons (Fsp3) is 0.353. The van der Waals surface area contributed by atoms with Gasteiger partial charge in [-0.25, -0.2) is 0 Å². The zero-order chi connectivity index (χ0) is 17.8. The molecule has 1 aromatic carbocycles. The summed E-state index contributed by atoms with van der Waals surface area (Å²) in [6, 6.07) is 9.49. The molecular weight excluding hydrogens is 362 g/mol. The normalized spacial score (nSPS) is 14.5. The lowest BCUT2D eigenvalue weighted by Gasteiger charge is -2.23. The van der Waals surface area contributed by atoms with Gasteiger partial charge < -0.3 is 24.8 Å². The van der Waals surface area contributed by atoms with Gasteiger partial charge in [-0.15, -0.1) is 11.3 Å². The van der Waals surface area contributed by atoms with Crippen molar-refractivity contribution < 1.29 is 14.6 Å². The zero-order valence-electron chi connectivity index (χ0n) is 14.0. The summed E-state index contributed by atoms with van der Waals surface area (Å²) in [7, 11) is 3.65. The first kappa shape index (κ1) is 17.8. The fourth-order valence-electron chi connectivity index (χ4n) is 2.57. The SMILES string of the molecule is CN=C(NCC(O)c1ccc(Cl)s1)N(C)Cc1ccc2c(c1)OCO2. The van der Waals surface area contributed by atoms with Crippen LogP contribution in [0.1, 0.15) is 16.5 Å². The number of aliphatic hydroxyl groups excluding tert-OH is 1. The van der Waals surface area contributed by atoms with Crippen LogP contribution in [0.15, 0.2) is 35.3 Å².